The Morgan fingerprint density at radius 1 is 1.33 bits per heavy atom. The van der Waals surface area contributed by atoms with Crippen LogP contribution in [0.5, 0.6) is 0 Å². The first-order chi connectivity index (χ1) is 10.0. The minimum absolute atomic E-state index is 0.255. The molecule has 0 saturated carbocycles. The van der Waals surface area contributed by atoms with Crippen LogP contribution in [0.1, 0.15) is 25.3 Å². The van der Waals surface area contributed by atoms with Crippen molar-refractivity contribution in [2.75, 3.05) is 13.2 Å². The number of carbonyl (C=O) groups is 2. The normalized spacial score (nSPS) is 10.6. The van der Waals surface area contributed by atoms with Gasteiger partial charge >= 0.3 is 5.97 Å². The smallest absolute Gasteiger partial charge is 0.305 e. The maximum atomic E-state index is 11.6. The van der Waals surface area contributed by atoms with Gasteiger partial charge in [-0.05, 0) is 31.1 Å². The molecular formula is C15H17Cl2NO3. The van der Waals surface area contributed by atoms with E-state index >= 15 is 0 Å². The van der Waals surface area contributed by atoms with Crippen LogP contribution in [0.25, 0.3) is 6.08 Å². The lowest BCUT2D eigenvalue weighted by molar-refractivity contribution is -0.143. The topological polar surface area (TPSA) is 55.4 Å². The molecule has 0 spiro atoms. The minimum atomic E-state index is -0.256. The van der Waals surface area contributed by atoms with Gasteiger partial charge in [0.25, 0.3) is 0 Å². The zero-order chi connectivity index (χ0) is 15.7. The summed E-state index contributed by atoms with van der Waals surface area (Å²) in [7, 11) is 0. The number of carbonyl (C=O) groups excluding carboxylic acids is 2. The van der Waals surface area contributed by atoms with Gasteiger partial charge in [0, 0.05) is 19.0 Å². The summed E-state index contributed by atoms with van der Waals surface area (Å²) >= 11 is 11.9. The second kappa shape index (κ2) is 9.42. The Balaban J connectivity index is 2.35. The van der Waals surface area contributed by atoms with Crippen molar-refractivity contribution in [3.05, 3.63) is 39.9 Å². The summed E-state index contributed by atoms with van der Waals surface area (Å²) in [6.07, 6.45) is 3.80. The summed E-state index contributed by atoms with van der Waals surface area (Å²) in [5.41, 5.74) is 0.672. The van der Waals surface area contributed by atoms with E-state index in [2.05, 4.69) is 5.32 Å². The Labute approximate surface area is 134 Å². The van der Waals surface area contributed by atoms with Crippen LogP contribution in [-0.2, 0) is 14.3 Å². The van der Waals surface area contributed by atoms with Gasteiger partial charge in [-0.25, -0.2) is 0 Å². The van der Waals surface area contributed by atoms with Gasteiger partial charge in [-0.3, -0.25) is 9.59 Å². The molecule has 0 bridgehead atoms. The summed E-state index contributed by atoms with van der Waals surface area (Å²) in [6.45, 7) is 2.53. The molecule has 0 unspecified atom stereocenters. The molecular weight excluding hydrogens is 313 g/mol. The largest absolute Gasteiger partial charge is 0.466 e. The Hall–Kier alpha value is -1.52. The predicted octanol–water partition coefficient (Wildman–Crippen LogP) is 3.47. The average molecular weight is 330 g/mol. The first-order valence-electron chi connectivity index (χ1n) is 6.60. The average Bonchev–Trinajstić information content (AvgIpc) is 2.45. The minimum Gasteiger partial charge on any atom is -0.466 e. The highest BCUT2D eigenvalue weighted by atomic mass is 35.5. The van der Waals surface area contributed by atoms with Crippen molar-refractivity contribution >= 4 is 41.2 Å². The lowest BCUT2D eigenvalue weighted by Crippen LogP contribution is -2.22. The third kappa shape index (κ3) is 6.65. The first-order valence-corrected chi connectivity index (χ1v) is 7.35. The molecule has 1 amide bonds. The van der Waals surface area contributed by atoms with Gasteiger partial charge < -0.3 is 10.1 Å². The molecule has 1 aromatic rings. The van der Waals surface area contributed by atoms with E-state index in [-0.39, 0.29) is 18.3 Å². The Bertz CT molecular complexity index is 530. The Kier molecular flexibility index (Phi) is 7.87. The highest BCUT2D eigenvalue weighted by Crippen LogP contribution is 2.26. The third-order valence-corrected chi connectivity index (χ3v) is 3.39. The van der Waals surface area contributed by atoms with Gasteiger partial charge in [-0.1, -0.05) is 35.3 Å². The van der Waals surface area contributed by atoms with Crippen molar-refractivity contribution in [1.82, 2.24) is 5.32 Å². The van der Waals surface area contributed by atoms with Crippen LogP contribution in [0, 0.1) is 0 Å². The highest BCUT2D eigenvalue weighted by molar-refractivity contribution is 6.42. The molecule has 6 heteroatoms. The molecule has 0 saturated heterocycles. The highest BCUT2D eigenvalue weighted by Gasteiger charge is 2.03. The number of esters is 1. The van der Waals surface area contributed by atoms with Crippen molar-refractivity contribution in [3.8, 4) is 0 Å². The number of rotatable bonds is 7. The van der Waals surface area contributed by atoms with Crippen molar-refractivity contribution in [1.29, 1.82) is 0 Å². The van der Waals surface area contributed by atoms with Gasteiger partial charge in [0.05, 0.1) is 16.7 Å². The molecule has 1 aromatic carbocycles. The number of hydrogen-bond donors (Lipinski definition) is 1. The number of halogens is 2. The number of hydrogen-bond acceptors (Lipinski definition) is 3. The van der Waals surface area contributed by atoms with Gasteiger partial charge in [0.1, 0.15) is 0 Å². The first kappa shape index (κ1) is 17.5. The fraction of sp³-hybridized carbons (Fsp3) is 0.333. The van der Waals surface area contributed by atoms with Crippen molar-refractivity contribution in [2.24, 2.45) is 0 Å². The molecule has 4 nitrogen and oxygen atoms in total. The molecule has 0 fully saturated rings. The van der Waals surface area contributed by atoms with Crippen molar-refractivity contribution in [3.63, 3.8) is 0 Å². The predicted molar refractivity (Wildman–Crippen MR) is 84.4 cm³/mol. The molecule has 0 aliphatic heterocycles. The van der Waals surface area contributed by atoms with E-state index in [1.54, 1.807) is 31.2 Å². The van der Waals surface area contributed by atoms with Gasteiger partial charge in [0.15, 0.2) is 0 Å². The van der Waals surface area contributed by atoms with E-state index in [4.69, 9.17) is 27.9 Å². The van der Waals surface area contributed by atoms with Crippen LogP contribution in [0.15, 0.2) is 24.3 Å². The molecule has 1 rings (SSSR count). The molecule has 0 heterocycles. The molecule has 0 aliphatic carbocycles. The SMILES string of the molecule is CCOC(=O)CCCNC(=O)/C=C/c1cccc(Cl)c1Cl. The maximum Gasteiger partial charge on any atom is 0.305 e. The van der Waals surface area contributed by atoms with Crippen LogP contribution in [-0.4, -0.2) is 25.0 Å². The number of ether oxygens (including phenoxy) is 1. The zero-order valence-electron chi connectivity index (χ0n) is 11.7. The lowest BCUT2D eigenvalue weighted by atomic mass is 10.2. The molecule has 21 heavy (non-hydrogen) atoms. The van der Waals surface area contributed by atoms with Crippen LogP contribution < -0.4 is 5.32 Å². The molecule has 0 atom stereocenters. The van der Waals surface area contributed by atoms with E-state index in [1.807, 2.05) is 0 Å². The lowest BCUT2D eigenvalue weighted by Gasteiger charge is -2.03. The summed E-state index contributed by atoms with van der Waals surface area (Å²) < 4.78 is 4.79. The van der Waals surface area contributed by atoms with Crippen molar-refractivity contribution < 1.29 is 14.3 Å². The van der Waals surface area contributed by atoms with Gasteiger partial charge in [-0.2, -0.15) is 0 Å². The van der Waals surface area contributed by atoms with E-state index in [1.165, 1.54) is 6.08 Å². The monoisotopic (exact) mass is 329 g/mol. The van der Waals surface area contributed by atoms with Gasteiger partial charge in [0.2, 0.25) is 5.91 Å². The quantitative estimate of drug-likeness (QED) is 0.473. The van der Waals surface area contributed by atoms with Crippen molar-refractivity contribution in [2.45, 2.75) is 19.8 Å². The van der Waals surface area contributed by atoms with Crippen LogP contribution >= 0.6 is 23.2 Å². The van der Waals surface area contributed by atoms with E-state index in [0.29, 0.717) is 35.2 Å². The van der Waals surface area contributed by atoms with E-state index in [9.17, 15) is 9.59 Å². The fourth-order valence-electron chi connectivity index (χ4n) is 1.55. The molecule has 0 aromatic heterocycles. The van der Waals surface area contributed by atoms with E-state index in [0.717, 1.165) is 0 Å². The summed E-state index contributed by atoms with van der Waals surface area (Å²) in [4.78, 5) is 22.7. The standard InChI is InChI=1S/C15H17Cl2NO3/c1-2-21-14(20)7-4-10-18-13(19)9-8-11-5-3-6-12(16)15(11)17/h3,5-6,8-9H,2,4,7,10H2,1H3,(H,18,19)/b9-8+. The second-order valence-corrected chi connectivity index (χ2v) is 4.96. The maximum absolute atomic E-state index is 11.6. The summed E-state index contributed by atoms with van der Waals surface area (Å²) in [6, 6.07) is 5.20. The Morgan fingerprint density at radius 3 is 2.81 bits per heavy atom. The molecule has 114 valence electrons. The van der Waals surface area contributed by atoms with Crippen LogP contribution in [0.4, 0.5) is 0 Å². The Morgan fingerprint density at radius 2 is 2.10 bits per heavy atom. The molecule has 1 N–H and O–H groups in total. The van der Waals surface area contributed by atoms with Gasteiger partial charge in [-0.15, -0.1) is 0 Å². The molecule has 0 radical (unpaired) electrons. The van der Waals surface area contributed by atoms with Crippen LogP contribution in [0.3, 0.4) is 0 Å². The third-order valence-electron chi connectivity index (χ3n) is 2.56. The zero-order valence-corrected chi connectivity index (χ0v) is 13.2. The summed E-state index contributed by atoms with van der Waals surface area (Å²) in [5, 5.41) is 3.52. The number of nitrogens with one attached hydrogen (secondary N) is 1. The fourth-order valence-corrected chi connectivity index (χ4v) is 1.92. The van der Waals surface area contributed by atoms with Crippen LogP contribution in [0.2, 0.25) is 10.0 Å². The summed E-state index contributed by atoms with van der Waals surface area (Å²) in [5.74, 6) is -0.511. The second-order valence-electron chi connectivity index (χ2n) is 4.18. The van der Waals surface area contributed by atoms with E-state index < -0.39 is 0 Å². The number of amides is 1. The molecule has 0 aliphatic rings. The number of benzene rings is 1.